The molecule has 0 aliphatic carbocycles. The maximum absolute atomic E-state index is 5.61. The molecule has 11 heavy (non-hydrogen) atoms. The Balaban J connectivity index is 3.66. The van der Waals surface area contributed by atoms with E-state index < -0.39 is 0 Å². The van der Waals surface area contributed by atoms with E-state index in [4.69, 9.17) is 4.74 Å². The van der Waals surface area contributed by atoms with Gasteiger partial charge >= 0.3 is 0 Å². The zero-order valence-corrected chi connectivity index (χ0v) is 10.6. The van der Waals surface area contributed by atoms with Crippen LogP contribution in [0.5, 0.6) is 0 Å². The first-order valence-electron chi connectivity index (χ1n) is 3.88. The molecule has 68 valence electrons. The highest BCUT2D eigenvalue weighted by molar-refractivity contribution is 9.10. The second-order valence-electron chi connectivity index (χ2n) is 3.33. The fourth-order valence-electron chi connectivity index (χ4n) is 0.438. The number of hydrogen-bond donors (Lipinski definition) is 0. The second kappa shape index (κ2) is 5.55. The molecule has 0 spiro atoms. The van der Waals surface area contributed by atoms with E-state index in [9.17, 15) is 0 Å². The lowest BCUT2D eigenvalue weighted by Crippen LogP contribution is -2.21. The molecule has 0 amide bonds. The van der Waals surface area contributed by atoms with Gasteiger partial charge in [0.05, 0.1) is 0 Å². The van der Waals surface area contributed by atoms with Crippen molar-refractivity contribution in [2.45, 2.75) is 37.7 Å². The van der Waals surface area contributed by atoms with Crippen LogP contribution >= 0.6 is 31.9 Å². The summed E-state index contributed by atoms with van der Waals surface area (Å²) in [5, 5.41) is 0.295. The summed E-state index contributed by atoms with van der Waals surface area (Å²) in [5.74, 6) is 1.02. The van der Waals surface area contributed by atoms with Crippen molar-refractivity contribution in [3.63, 3.8) is 0 Å². The van der Waals surface area contributed by atoms with Crippen LogP contribution in [0.4, 0.5) is 0 Å². The predicted molar refractivity (Wildman–Crippen MR) is 56.2 cm³/mol. The van der Waals surface area contributed by atoms with Gasteiger partial charge in [-0.3, -0.25) is 0 Å². The lowest BCUT2D eigenvalue weighted by Gasteiger charge is -2.21. The zero-order valence-electron chi connectivity index (χ0n) is 7.47. The van der Waals surface area contributed by atoms with E-state index in [1.54, 1.807) is 0 Å². The van der Waals surface area contributed by atoms with Gasteiger partial charge in [0.25, 0.3) is 0 Å². The normalized spacial score (nSPS) is 17.5. The van der Waals surface area contributed by atoms with Gasteiger partial charge in [0, 0.05) is 0 Å². The van der Waals surface area contributed by atoms with Crippen LogP contribution in [0.3, 0.4) is 0 Å². The quantitative estimate of drug-likeness (QED) is 0.716. The summed E-state index contributed by atoms with van der Waals surface area (Å²) in [7, 11) is 0. The van der Waals surface area contributed by atoms with Crippen LogP contribution < -0.4 is 0 Å². The van der Waals surface area contributed by atoms with E-state index in [1.165, 1.54) is 0 Å². The third-order valence-corrected chi connectivity index (χ3v) is 3.85. The molecule has 3 heteroatoms. The van der Waals surface area contributed by atoms with E-state index in [-0.39, 0.29) is 10.0 Å². The average Bonchev–Trinajstić information content (AvgIpc) is 1.87. The summed E-state index contributed by atoms with van der Waals surface area (Å²) in [6.45, 7) is 8.50. The third-order valence-electron chi connectivity index (χ3n) is 1.31. The monoisotopic (exact) mass is 286 g/mol. The van der Waals surface area contributed by atoms with Crippen molar-refractivity contribution in [2.75, 3.05) is 0 Å². The molecule has 0 radical (unpaired) electrons. The van der Waals surface area contributed by atoms with Crippen LogP contribution in [0.2, 0.25) is 0 Å². The minimum absolute atomic E-state index is 0.147. The van der Waals surface area contributed by atoms with Gasteiger partial charge < -0.3 is 4.74 Å². The Labute approximate surface area is 86.1 Å². The van der Waals surface area contributed by atoms with Crippen molar-refractivity contribution < 1.29 is 4.74 Å². The Bertz CT molecular complexity index is 92.3. The van der Waals surface area contributed by atoms with E-state index in [0.717, 1.165) is 0 Å². The summed E-state index contributed by atoms with van der Waals surface area (Å²) < 4.78 is 5.61. The number of rotatable bonds is 4. The Hall–Kier alpha value is 0.920. The minimum Gasteiger partial charge on any atom is -0.352 e. The summed E-state index contributed by atoms with van der Waals surface area (Å²) in [6, 6.07) is 0. The van der Waals surface area contributed by atoms with Crippen molar-refractivity contribution >= 4 is 31.9 Å². The van der Waals surface area contributed by atoms with E-state index in [0.29, 0.717) is 11.8 Å². The van der Waals surface area contributed by atoms with Crippen LogP contribution in [-0.4, -0.2) is 10.0 Å². The fourth-order valence-corrected chi connectivity index (χ4v) is 1.19. The predicted octanol–water partition coefficient (Wildman–Crippen LogP) is 3.76. The first-order chi connectivity index (χ1) is 4.95. The van der Waals surface area contributed by atoms with Gasteiger partial charge in [-0.1, -0.05) is 59.6 Å². The van der Waals surface area contributed by atoms with Crippen molar-refractivity contribution in [1.82, 2.24) is 0 Å². The van der Waals surface area contributed by atoms with Gasteiger partial charge in [-0.15, -0.1) is 0 Å². The van der Waals surface area contributed by atoms with Gasteiger partial charge in [0.15, 0.2) is 0 Å². The summed E-state index contributed by atoms with van der Waals surface area (Å²) in [5.41, 5.74) is 0. The molecule has 0 aromatic carbocycles. The molecule has 2 unspecified atom stereocenters. The summed E-state index contributed by atoms with van der Waals surface area (Å²) >= 11 is 6.92. The molecule has 0 rings (SSSR count). The standard InChI is InChI=1S/C8H16Br2O/c1-5(2)7(9)11-8(10)6(3)4/h5-8H,1-4H3. The van der Waals surface area contributed by atoms with Crippen molar-refractivity contribution in [3.05, 3.63) is 0 Å². The van der Waals surface area contributed by atoms with Gasteiger partial charge in [-0.05, 0) is 11.8 Å². The van der Waals surface area contributed by atoms with E-state index in [2.05, 4.69) is 59.6 Å². The molecule has 0 N–H and O–H groups in total. The van der Waals surface area contributed by atoms with Crippen LogP contribution in [0, 0.1) is 11.8 Å². The minimum atomic E-state index is 0.147. The Morgan fingerprint density at radius 1 is 0.818 bits per heavy atom. The molecule has 0 bridgehead atoms. The molecule has 0 aromatic rings. The molecule has 0 heterocycles. The number of alkyl halides is 2. The fraction of sp³-hybridized carbons (Fsp3) is 1.00. The maximum atomic E-state index is 5.61. The summed E-state index contributed by atoms with van der Waals surface area (Å²) in [4.78, 5) is 0. The summed E-state index contributed by atoms with van der Waals surface area (Å²) in [6.07, 6.45) is 0. The molecule has 2 atom stereocenters. The molecular formula is C8H16Br2O. The van der Waals surface area contributed by atoms with Crippen molar-refractivity contribution in [2.24, 2.45) is 11.8 Å². The highest BCUT2D eigenvalue weighted by Crippen LogP contribution is 2.22. The Morgan fingerprint density at radius 3 is 1.27 bits per heavy atom. The maximum Gasteiger partial charge on any atom is 0.116 e. The van der Waals surface area contributed by atoms with Crippen molar-refractivity contribution in [3.8, 4) is 0 Å². The topological polar surface area (TPSA) is 9.23 Å². The average molecular weight is 288 g/mol. The zero-order chi connectivity index (χ0) is 9.02. The Morgan fingerprint density at radius 2 is 1.09 bits per heavy atom. The number of halogens is 2. The smallest absolute Gasteiger partial charge is 0.116 e. The SMILES string of the molecule is CC(C)C(Br)OC(Br)C(C)C. The molecule has 0 aromatic heterocycles. The van der Waals surface area contributed by atoms with Crippen LogP contribution in [0.1, 0.15) is 27.7 Å². The van der Waals surface area contributed by atoms with Crippen molar-refractivity contribution in [1.29, 1.82) is 0 Å². The van der Waals surface area contributed by atoms with E-state index >= 15 is 0 Å². The molecule has 1 nitrogen and oxygen atoms in total. The molecule has 0 saturated heterocycles. The lowest BCUT2D eigenvalue weighted by atomic mass is 10.2. The van der Waals surface area contributed by atoms with Crippen LogP contribution in [0.15, 0.2) is 0 Å². The van der Waals surface area contributed by atoms with E-state index in [1.807, 2.05) is 0 Å². The number of hydrogen-bond acceptors (Lipinski definition) is 1. The van der Waals surface area contributed by atoms with Crippen LogP contribution in [-0.2, 0) is 4.74 Å². The first-order valence-corrected chi connectivity index (χ1v) is 5.72. The molecule has 0 saturated carbocycles. The van der Waals surface area contributed by atoms with Gasteiger partial charge in [0.1, 0.15) is 10.0 Å². The Kier molecular flexibility index (Phi) is 6.01. The highest BCUT2D eigenvalue weighted by Gasteiger charge is 2.16. The third kappa shape index (κ3) is 5.21. The van der Waals surface area contributed by atoms with Gasteiger partial charge in [-0.2, -0.15) is 0 Å². The largest absolute Gasteiger partial charge is 0.352 e. The molecule has 0 fully saturated rings. The molecule has 0 aliphatic rings. The lowest BCUT2D eigenvalue weighted by molar-refractivity contribution is 0.0502. The van der Waals surface area contributed by atoms with Crippen LogP contribution in [0.25, 0.3) is 0 Å². The highest BCUT2D eigenvalue weighted by atomic mass is 79.9. The molecular weight excluding hydrogens is 272 g/mol. The number of ether oxygens (including phenoxy) is 1. The first kappa shape index (κ1) is 11.9. The molecule has 0 aliphatic heterocycles. The van der Waals surface area contributed by atoms with Gasteiger partial charge in [-0.25, -0.2) is 0 Å². The van der Waals surface area contributed by atoms with Gasteiger partial charge in [0.2, 0.25) is 0 Å². The second-order valence-corrected chi connectivity index (χ2v) is 5.13.